The van der Waals surface area contributed by atoms with Crippen molar-refractivity contribution in [1.82, 2.24) is 4.98 Å². The van der Waals surface area contributed by atoms with Crippen molar-refractivity contribution in [1.29, 1.82) is 0 Å². The summed E-state index contributed by atoms with van der Waals surface area (Å²) in [7, 11) is 1.94. The van der Waals surface area contributed by atoms with E-state index in [1.54, 1.807) is 0 Å². The van der Waals surface area contributed by atoms with Crippen molar-refractivity contribution in [3.63, 3.8) is 0 Å². The highest BCUT2D eigenvalue weighted by atomic mass is 16.5. The van der Waals surface area contributed by atoms with Crippen LogP contribution < -0.4 is 4.57 Å². The van der Waals surface area contributed by atoms with E-state index >= 15 is 0 Å². The van der Waals surface area contributed by atoms with Gasteiger partial charge in [0, 0.05) is 22.5 Å². The lowest BCUT2D eigenvalue weighted by Gasteiger charge is -2.03. The highest BCUT2D eigenvalue weighted by Crippen LogP contribution is 2.22. The van der Waals surface area contributed by atoms with E-state index in [2.05, 4.69) is 43.1 Å². The summed E-state index contributed by atoms with van der Waals surface area (Å²) in [6, 6.07) is 12.3. The number of hydrogen-bond donors (Lipinski definition) is 1. The Morgan fingerprint density at radius 3 is 2.23 bits per heavy atom. The summed E-state index contributed by atoms with van der Waals surface area (Å²) in [5.41, 5.74) is 4.24. The van der Waals surface area contributed by atoms with Crippen molar-refractivity contribution in [3.05, 3.63) is 65.6 Å². The molecule has 3 aromatic rings. The van der Waals surface area contributed by atoms with E-state index in [4.69, 9.17) is 4.74 Å². The number of aromatic amines is 1. The van der Waals surface area contributed by atoms with Crippen molar-refractivity contribution in [2.24, 2.45) is 7.05 Å². The fraction of sp³-hybridized carbons (Fsp3) is 0.481. The maximum absolute atomic E-state index is 12.0. The maximum atomic E-state index is 12.0. The molecule has 2 heterocycles. The van der Waals surface area contributed by atoms with E-state index in [-0.39, 0.29) is 71.0 Å². The van der Waals surface area contributed by atoms with Crippen LogP contribution in [0.1, 0.15) is 88.6 Å². The predicted molar refractivity (Wildman–Crippen MR) is 141 cm³/mol. The average molecular weight is 436 g/mol. The number of pyridine rings is 1. The Hall–Kier alpha value is -2.62. The molecule has 0 aliphatic heterocycles. The zero-order chi connectivity index (χ0) is 17.1. The molecule has 3 rings (SSSR count). The minimum absolute atomic E-state index is 0. The van der Waals surface area contributed by atoms with Gasteiger partial charge < -0.3 is 9.72 Å². The van der Waals surface area contributed by atoms with Gasteiger partial charge in [-0.1, -0.05) is 71.9 Å². The Bertz CT molecular complexity index is 867. The SMILES string of the molecule is C.C.C.C.C.C.C.CC(C)c1ccc2[nH]c(COC(=O)Cc3ccc[n+](C)c3)cc2c1. The van der Waals surface area contributed by atoms with Gasteiger partial charge in [-0.2, -0.15) is 0 Å². The molecule has 2 aromatic heterocycles. The van der Waals surface area contributed by atoms with Gasteiger partial charge in [-0.3, -0.25) is 4.79 Å². The van der Waals surface area contributed by atoms with Gasteiger partial charge in [0.15, 0.2) is 12.4 Å². The molecule has 0 saturated carbocycles. The molecule has 0 radical (unpaired) electrons. The molecular weight excluding hydrogens is 384 g/mol. The number of carbonyl (C=O) groups is 1. The molecule has 31 heavy (non-hydrogen) atoms. The molecule has 0 aliphatic rings. The number of carbonyl (C=O) groups excluding carboxylic acids is 1. The average Bonchev–Trinajstić information content (AvgIpc) is 2.95. The van der Waals surface area contributed by atoms with E-state index in [1.807, 2.05) is 36.1 Å². The van der Waals surface area contributed by atoms with E-state index < -0.39 is 0 Å². The summed E-state index contributed by atoms with van der Waals surface area (Å²) in [5, 5.41) is 1.15. The van der Waals surface area contributed by atoms with Crippen molar-refractivity contribution >= 4 is 16.9 Å². The first-order valence-corrected chi connectivity index (χ1v) is 8.22. The number of nitrogens with zero attached hydrogens (tertiary/aromatic N) is 1. The van der Waals surface area contributed by atoms with Crippen LogP contribution in [0.2, 0.25) is 0 Å². The minimum Gasteiger partial charge on any atom is -0.459 e. The zero-order valence-corrected chi connectivity index (χ0v) is 14.4. The van der Waals surface area contributed by atoms with Gasteiger partial charge in [0.2, 0.25) is 0 Å². The number of rotatable bonds is 5. The summed E-state index contributed by atoms with van der Waals surface area (Å²) in [5.74, 6) is 0.278. The van der Waals surface area contributed by atoms with E-state index in [0.29, 0.717) is 5.92 Å². The van der Waals surface area contributed by atoms with Crippen molar-refractivity contribution < 1.29 is 14.1 Å². The predicted octanol–water partition coefficient (Wildman–Crippen LogP) is 7.85. The van der Waals surface area contributed by atoms with Crippen LogP contribution in [-0.2, 0) is 29.6 Å². The molecule has 1 aromatic carbocycles. The second-order valence-corrected chi connectivity index (χ2v) is 6.51. The van der Waals surface area contributed by atoms with Gasteiger partial charge in [-0.05, 0) is 35.7 Å². The fourth-order valence-corrected chi connectivity index (χ4v) is 2.78. The highest BCUT2D eigenvalue weighted by molar-refractivity contribution is 5.81. The molecule has 1 N–H and O–H groups in total. The van der Waals surface area contributed by atoms with Crippen molar-refractivity contribution in [2.45, 2.75) is 84.8 Å². The lowest BCUT2D eigenvalue weighted by Crippen LogP contribution is -2.27. The molecule has 0 bridgehead atoms. The molecule has 4 nitrogen and oxygen atoms in total. The Kier molecular flexibility index (Phi) is 21.5. The summed E-state index contributed by atoms with van der Waals surface area (Å²) >= 11 is 0. The topological polar surface area (TPSA) is 46.0 Å². The smallest absolute Gasteiger partial charge is 0.310 e. The van der Waals surface area contributed by atoms with Gasteiger partial charge >= 0.3 is 5.97 Å². The minimum atomic E-state index is -0.220. The normalized spacial score (nSPS) is 8.65. The Morgan fingerprint density at radius 1 is 1.00 bits per heavy atom. The number of hydrogen-bond acceptors (Lipinski definition) is 2. The van der Waals surface area contributed by atoms with Gasteiger partial charge in [0.05, 0.1) is 12.1 Å². The van der Waals surface area contributed by atoms with Crippen LogP contribution in [0.5, 0.6) is 0 Å². The number of H-pyrrole nitrogens is 1. The molecule has 0 spiro atoms. The first kappa shape index (κ1) is 38.9. The highest BCUT2D eigenvalue weighted by Gasteiger charge is 2.10. The van der Waals surface area contributed by atoms with Crippen molar-refractivity contribution in [3.8, 4) is 0 Å². The monoisotopic (exact) mass is 435 g/mol. The largest absolute Gasteiger partial charge is 0.459 e. The fourth-order valence-electron chi connectivity index (χ4n) is 2.78. The summed E-state index contributed by atoms with van der Waals surface area (Å²) < 4.78 is 7.32. The van der Waals surface area contributed by atoms with E-state index in [0.717, 1.165) is 22.2 Å². The Morgan fingerprint density at radius 2 is 1.65 bits per heavy atom. The summed E-state index contributed by atoms with van der Waals surface area (Å²) in [6.07, 6.45) is 4.15. The van der Waals surface area contributed by atoms with E-state index in [9.17, 15) is 4.79 Å². The number of ether oxygens (including phenoxy) is 1. The third kappa shape index (κ3) is 10.3. The number of nitrogens with one attached hydrogen (secondary N) is 1. The van der Waals surface area contributed by atoms with Crippen LogP contribution in [0, 0.1) is 0 Å². The molecule has 0 atom stereocenters. The second-order valence-electron chi connectivity index (χ2n) is 6.51. The van der Waals surface area contributed by atoms with Crippen LogP contribution in [0.3, 0.4) is 0 Å². The number of aryl methyl sites for hydroxylation is 1. The molecule has 0 amide bonds. The molecule has 0 unspecified atom stereocenters. The third-order valence-corrected chi connectivity index (χ3v) is 4.11. The number of fused-ring (bicyclic) bond motifs is 1. The van der Waals surface area contributed by atoms with Crippen molar-refractivity contribution in [2.75, 3.05) is 0 Å². The van der Waals surface area contributed by atoms with Gasteiger partial charge in [-0.15, -0.1) is 0 Å². The van der Waals surface area contributed by atoms with E-state index in [1.165, 1.54) is 5.56 Å². The Labute approximate surface area is 193 Å². The summed E-state index contributed by atoms with van der Waals surface area (Å²) in [4.78, 5) is 15.3. The quantitative estimate of drug-likeness (QED) is 0.327. The van der Waals surface area contributed by atoms with Crippen LogP contribution in [-0.4, -0.2) is 11.0 Å². The zero-order valence-electron chi connectivity index (χ0n) is 14.4. The van der Waals surface area contributed by atoms with Crippen LogP contribution in [0.25, 0.3) is 10.9 Å². The van der Waals surface area contributed by atoms with Gasteiger partial charge in [-0.25, -0.2) is 4.57 Å². The lowest BCUT2D eigenvalue weighted by molar-refractivity contribution is -0.671. The third-order valence-electron chi connectivity index (χ3n) is 4.11. The number of benzene rings is 1. The maximum Gasteiger partial charge on any atom is 0.310 e. The van der Waals surface area contributed by atoms with Crippen LogP contribution in [0.4, 0.5) is 0 Å². The lowest BCUT2D eigenvalue weighted by atomic mass is 10.0. The van der Waals surface area contributed by atoms with Crippen LogP contribution >= 0.6 is 0 Å². The van der Waals surface area contributed by atoms with Gasteiger partial charge in [0.1, 0.15) is 13.7 Å². The summed E-state index contributed by atoms with van der Waals surface area (Å²) in [6.45, 7) is 4.63. The number of esters is 1. The molecule has 0 fully saturated rings. The first-order valence-electron chi connectivity index (χ1n) is 8.22. The van der Waals surface area contributed by atoms with Crippen LogP contribution in [0.15, 0.2) is 48.8 Å². The number of aromatic nitrogens is 2. The standard InChI is InChI=1S/C20H23N2O2.7CH4/c1-14(2)16-6-7-19-17(10-16)11-18(21-19)13-24-20(23)9-15-5-4-8-22(3)12-15;;;;;;;/h4-8,10-12,14,21H,9,13H2,1-3H3;7*1H4/q+1;;;;;;;. The second kappa shape index (κ2) is 17.1. The molecule has 0 saturated heterocycles. The first-order chi connectivity index (χ1) is 11.5. The molecule has 180 valence electrons. The molecular formula is C27H51N2O2+. The van der Waals surface area contributed by atoms with Gasteiger partial charge in [0.25, 0.3) is 0 Å². The molecule has 4 heteroatoms. The Balaban J connectivity index is -0.000000322. The molecule has 0 aliphatic carbocycles.